The number of para-hydroxylation sites is 1. The molecule has 32 heavy (non-hydrogen) atoms. The Balaban J connectivity index is 1.60. The van der Waals surface area contributed by atoms with Gasteiger partial charge in [-0.2, -0.15) is 0 Å². The number of hydrogen-bond acceptors (Lipinski definition) is 4. The highest BCUT2D eigenvalue weighted by atomic mass is 35.5. The minimum absolute atomic E-state index is 0.0164. The van der Waals surface area contributed by atoms with Crippen molar-refractivity contribution >= 4 is 51.7 Å². The third kappa shape index (κ3) is 5.36. The maximum atomic E-state index is 14.0. The summed E-state index contributed by atoms with van der Waals surface area (Å²) < 4.78 is 14.0. The second kappa shape index (κ2) is 9.97. The van der Waals surface area contributed by atoms with Gasteiger partial charge in [0.25, 0.3) is 0 Å². The van der Waals surface area contributed by atoms with E-state index in [-0.39, 0.29) is 18.0 Å². The molecule has 1 heterocycles. The van der Waals surface area contributed by atoms with Crippen molar-refractivity contribution in [1.82, 2.24) is 4.90 Å². The van der Waals surface area contributed by atoms with E-state index in [2.05, 4.69) is 10.3 Å². The number of nitrogens with one attached hydrogen (secondary N) is 1. The molecule has 1 unspecified atom stereocenters. The first-order valence-electron chi connectivity index (χ1n) is 9.90. The van der Waals surface area contributed by atoms with Gasteiger partial charge in [-0.15, -0.1) is 0 Å². The van der Waals surface area contributed by atoms with E-state index in [1.54, 1.807) is 41.3 Å². The van der Waals surface area contributed by atoms with Gasteiger partial charge in [0.05, 0.1) is 17.9 Å². The van der Waals surface area contributed by atoms with E-state index in [9.17, 15) is 14.0 Å². The Hall–Kier alpha value is -3.16. The van der Waals surface area contributed by atoms with E-state index in [0.29, 0.717) is 22.4 Å². The number of benzene rings is 3. The topological polar surface area (TPSA) is 61.8 Å². The Kier molecular flexibility index (Phi) is 6.87. The van der Waals surface area contributed by atoms with Crippen molar-refractivity contribution in [2.75, 3.05) is 5.32 Å². The van der Waals surface area contributed by atoms with Gasteiger partial charge < -0.3 is 5.32 Å². The Morgan fingerprint density at radius 1 is 1.06 bits per heavy atom. The predicted molar refractivity (Wildman–Crippen MR) is 127 cm³/mol. The SMILES string of the molecule is O=C(Nc1ccccc1F)C1CC(=O)N(Cc2ccccc2)C(=Nc2ccc(Cl)cc2)S1. The average Bonchev–Trinajstić information content (AvgIpc) is 2.79. The monoisotopic (exact) mass is 467 g/mol. The molecule has 1 aliphatic heterocycles. The van der Waals surface area contributed by atoms with Crippen LogP contribution in [0, 0.1) is 5.82 Å². The summed E-state index contributed by atoms with van der Waals surface area (Å²) in [5.74, 6) is -1.21. The first kappa shape index (κ1) is 22.0. The van der Waals surface area contributed by atoms with Crippen molar-refractivity contribution in [3.63, 3.8) is 0 Å². The summed E-state index contributed by atoms with van der Waals surface area (Å²) in [7, 11) is 0. The lowest BCUT2D eigenvalue weighted by atomic mass is 10.2. The number of rotatable bonds is 5. The van der Waals surface area contributed by atoms with E-state index in [0.717, 1.165) is 5.56 Å². The highest BCUT2D eigenvalue weighted by Crippen LogP contribution is 2.31. The highest BCUT2D eigenvalue weighted by molar-refractivity contribution is 8.15. The van der Waals surface area contributed by atoms with E-state index in [1.807, 2.05) is 30.3 Å². The predicted octanol–water partition coefficient (Wildman–Crippen LogP) is 5.64. The Morgan fingerprint density at radius 3 is 2.47 bits per heavy atom. The molecule has 0 radical (unpaired) electrons. The quantitative estimate of drug-likeness (QED) is 0.528. The van der Waals surface area contributed by atoms with Gasteiger partial charge in [-0.05, 0) is 42.0 Å². The van der Waals surface area contributed by atoms with Crippen LogP contribution in [0.3, 0.4) is 0 Å². The molecule has 4 rings (SSSR count). The first-order valence-corrected chi connectivity index (χ1v) is 11.2. The number of carbonyl (C=O) groups is 2. The van der Waals surface area contributed by atoms with E-state index >= 15 is 0 Å². The second-order valence-electron chi connectivity index (χ2n) is 7.12. The largest absolute Gasteiger partial charge is 0.323 e. The molecule has 162 valence electrons. The lowest BCUT2D eigenvalue weighted by Crippen LogP contribution is -2.44. The summed E-state index contributed by atoms with van der Waals surface area (Å²) in [6.45, 7) is 0.334. The molecule has 0 aromatic heterocycles. The van der Waals surface area contributed by atoms with Crippen LogP contribution in [0.1, 0.15) is 12.0 Å². The van der Waals surface area contributed by atoms with Crippen LogP contribution in [0.5, 0.6) is 0 Å². The zero-order valence-electron chi connectivity index (χ0n) is 16.9. The maximum absolute atomic E-state index is 14.0. The number of halogens is 2. The fourth-order valence-corrected chi connectivity index (χ4v) is 4.39. The van der Waals surface area contributed by atoms with Crippen LogP contribution in [0.4, 0.5) is 15.8 Å². The molecule has 8 heteroatoms. The molecule has 1 saturated heterocycles. The molecule has 1 N–H and O–H groups in total. The second-order valence-corrected chi connectivity index (χ2v) is 8.72. The Labute approximate surface area is 194 Å². The highest BCUT2D eigenvalue weighted by Gasteiger charge is 2.36. The molecule has 0 spiro atoms. The molecule has 3 aromatic rings. The fraction of sp³-hybridized carbons (Fsp3) is 0.125. The van der Waals surface area contributed by atoms with E-state index in [1.165, 1.54) is 23.9 Å². The van der Waals surface area contributed by atoms with Crippen molar-refractivity contribution < 1.29 is 14.0 Å². The number of amides is 2. The van der Waals surface area contributed by atoms with Crippen LogP contribution in [0.15, 0.2) is 83.9 Å². The van der Waals surface area contributed by atoms with Crippen molar-refractivity contribution in [3.05, 3.63) is 95.3 Å². The molecule has 5 nitrogen and oxygen atoms in total. The maximum Gasteiger partial charge on any atom is 0.238 e. The number of nitrogens with zero attached hydrogens (tertiary/aromatic N) is 2. The first-order chi connectivity index (χ1) is 15.5. The minimum atomic E-state index is -0.736. The van der Waals surface area contributed by atoms with Gasteiger partial charge in [-0.3, -0.25) is 14.5 Å². The molecule has 0 bridgehead atoms. The minimum Gasteiger partial charge on any atom is -0.323 e. The molecular weight excluding hydrogens is 449 g/mol. The van der Waals surface area contributed by atoms with Crippen LogP contribution < -0.4 is 5.32 Å². The van der Waals surface area contributed by atoms with Gasteiger partial charge in [0.2, 0.25) is 11.8 Å². The third-order valence-corrected chi connectivity index (χ3v) is 6.24. The van der Waals surface area contributed by atoms with Gasteiger partial charge in [0, 0.05) is 11.4 Å². The van der Waals surface area contributed by atoms with Gasteiger partial charge in [0.15, 0.2) is 5.17 Å². The third-order valence-electron chi connectivity index (χ3n) is 4.80. The van der Waals surface area contributed by atoms with Gasteiger partial charge in [-0.1, -0.05) is 65.8 Å². The molecule has 3 aromatic carbocycles. The number of hydrogen-bond donors (Lipinski definition) is 1. The zero-order valence-corrected chi connectivity index (χ0v) is 18.4. The Morgan fingerprint density at radius 2 is 1.75 bits per heavy atom. The molecule has 1 fully saturated rings. The number of amidine groups is 1. The number of thioether (sulfide) groups is 1. The van der Waals surface area contributed by atoms with Gasteiger partial charge >= 0.3 is 0 Å². The average molecular weight is 468 g/mol. The van der Waals surface area contributed by atoms with Crippen molar-refractivity contribution in [3.8, 4) is 0 Å². The summed E-state index contributed by atoms with van der Waals surface area (Å²) >= 11 is 7.15. The smallest absolute Gasteiger partial charge is 0.238 e. The molecule has 2 amide bonds. The summed E-state index contributed by atoms with van der Waals surface area (Å²) in [5.41, 5.74) is 1.63. The fourth-order valence-electron chi connectivity index (χ4n) is 3.16. The Bertz CT molecular complexity index is 1160. The number of carbonyl (C=O) groups excluding carboxylic acids is 2. The molecule has 1 aliphatic rings. The van der Waals surface area contributed by atoms with Gasteiger partial charge in [0.1, 0.15) is 11.1 Å². The summed E-state index contributed by atoms with van der Waals surface area (Å²) in [6, 6.07) is 22.4. The standard InChI is InChI=1S/C24H19ClFN3O2S/c25-17-10-12-18(13-11-17)27-24-29(15-16-6-2-1-3-7-16)22(30)14-21(32-24)23(31)28-20-9-5-4-8-19(20)26/h1-13,21H,14-15H2,(H,28,31). The molecule has 0 saturated carbocycles. The zero-order chi connectivity index (χ0) is 22.5. The number of anilines is 1. The normalized spacial score (nSPS) is 17.4. The lowest BCUT2D eigenvalue weighted by Gasteiger charge is -2.32. The number of aliphatic imine (C=N–C) groups is 1. The van der Waals surface area contributed by atoms with Crippen LogP contribution >= 0.6 is 23.4 Å². The summed E-state index contributed by atoms with van der Waals surface area (Å²) in [6.07, 6.45) is -0.0164. The van der Waals surface area contributed by atoms with Crippen molar-refractivity contribution in [1.29, 1.82) is 0 Å². The van der Waals surface area contributed by atoms with Gasteiger partial charge in [-0.25, -0.2) is 9.38 Å². The van der Waals surface area contributed by atoms with Crippen molar-refractivity contribution in [2.24, 2.45) is 4.99 Å². The summed E-state index contributed by atoms with van der Waals surface area (Å²) in [4.78, 5) is 32.1. The van der Waals surface area contributed by atoms with Crippen LogP contribution in [-0.4, -0.2) is 27.1 Å². The van der Waals surface area contributed by atoms with Crippen LogP contribution in [0.25, 0.3) is 0 Å². The van der Waals surface area contributed by atoms with Crippen LogP contribution in [0.2, 0.25) is 5.02 Å². The lowest BCUT2D eigenvalue weighted by molar-refractivity contribution is -0.129. The van der Waals surface area contributed by atoms with E-state index in [4.69, 9.17) is 11.6 Å². The van der Waals surface area contributed by atoms with E-state index < -0.39 is 17.0 Å². The molecule has 0 aliphatic carbocycles. The van der Waals surface area contributed by atoms with Crippen LogP contribution in [-0.2, 0) is 16.1 Å². The summed E-state index contributed by atoms with van der Waals surface area (Å²) in [5, 5.41) is 2.82. The van der Waals surface area contributed by atoms with Crippen molar-refractivity contribution in [2.45, 2.75) is 18.2 Å². The molecular formula is C24H19ClFN3O2S. The molecule has 1 atom stereocenters.